The van der Waals surface area contributed by atoms with Crippen molar-refractivity contribution >= 4 is 46.8 Å². The number of amides is 1. The fourth-order valence-electron chi connectivity index (χ4n) is 4.46. The molecule has 1 amide bonds. The van der Waals surface area contributed by atoms with E-state index >= 15 is 0 Å². The number of nitrogens with one attached hydrogen (secondary N) is 1. The second-order valence-corrected chi connectivity index (χ2v) is 10.2. The van der Waals surface area contributed by atoms with Gasteiger partial charge in [0, 0.05) is 18.4 Å². The molecule has 5 rings (SSSR count). The minimum absolute atomic E-state index is 0.0969. The van der Waals surface area contributed by atoms with E-state index in [1.807, 2.05) is 24.3 Å². The summed E-state index contributed by atoms with van der Waals surface area (Å²) in [7, 11) is 0. The van der Waals surface area contributed by atoms with Crippen LogP contribution in [0, 0.1) is 0 Å². The molecule has 0 spiro atoms. The molecule has 1 fully saturated rings. The zero-order valence-corrected chi connectivity index (χ0v) is 24.8. The first kappa shape index (κ1) is 30.6. The smallest absolute Gasteiger partial charge is 0.211 e. The number of ether oxygens (including phenoxy) is 3. The molecule has 1 atom stereocenters. The number of hydrogen-bond donors (Lipinski definition) is 2. The lowest BCUT2D eigenvalue weighted by atomic mass is 10.0. The van der Waals surface area contributed by atoms with E-state index in [1.165, 1.54) is 0 Å². The van der Waals surface area contributed by atoms with Crippen LogP contribution in [0.2, 0.25) is 10.2 Å². The molecule has 1 saturated heterocycles. The summed E-state index contributed by atoms with van der Waals surface area (Å²) in [4.78, 5) is 18.4. The van der Waals surface area contributed by atoms with Crippen molar-refractivity contribution in [2.75, 3.05) is 30.9 Å². The third-order valence-electron chi connectivity index (χ3n) is 6.60. The van der Waals surface area contributed by atoms with Gasteiger partial charge in [-0.15, -0.1) is 0 Å². The summed E-state index contributed by atoms with van der Waals surface area (Å²) in [6, 6.07) is 13.3. The van der Waals surface area contributed by atoms with E-state index in [4.69, 9.17) is 43.1 Å². The molecule has 41 heavy (non-hydrogen) atoms. The summed E-state index contributed by atoms with van der Waals surface area (Å²) in [5, 5.41) is 3.39. The number of carbonyl (C=O) groups excluding carboxylic acids is 1. The molecular formula is C30H35Cl2N5O4. The summed E-state index contributed by atoms with van der Waals surface area (Å²) in [5.41, 5.74) is 10.9. The standard InChI is InChI=1S/C24H29ClN2O3.C6H6ClN3O/c1-3-17-14-20(25)19(21-8-7-9-23-26-18(4-2)16-27(21)23)15-22(17)28-12-13-30-24-10-5-6-11-29-24;7-5-2-1-4(9-3-11)6(8)10-5/h7-9,14-16,24H,3-6,10-13H2,1-2H3;1-3H,(H2,8,10)(H,9,11). The predicted molar refractivity (Wildman–Crippen MR) is 163 cm³/mol. The summed E-state index contributed by atoms with van der Waals surface area (Å²) in [6.45, 7) is 5.98. The molecule has 11 heteroatoms. The van der Waals surface area contributed by atoms with Crippen LogP contribution in [0.5, 0.6) is 5.75 Å². The van der Waals surface area contributed by atoms with Gasteiger partial charge in [-0.25, -0.2) is 9.97 Å². The number of aryl methyl sites for hydroxylation is 2. The molecule has 1 unspecified atom stereocenters. The maximum Gasteiger partial charge on any atom is 0.211 e. The lowest BCUT2D eigenvalue weighted by Crippen LogP contribution is -2.24. The molecular weight excluding hydrogens is 565 g/mol. The van der Waals surface area contributed by atoms with Crippen LogP contribution in [0.4, 0.5) is 11.5 Å². The topological polar surface area (TPSA) is 113 Å². The number of fused-ring (bicyclic) bond motifs is 1. The monoisotopic (exact) mass is 599 g/mol. The molecule has 1 aromatic carbocycles. The maximum absolute atomic E-state index is 9.98. The van der Waals surface area contributed by atoms with Gasteiger partial charge in [0.15, 0.2) is 6.29 Å². The fourth-order valence-corrected chi connectivity index (χ4v) is 4.90. The SMILES string of the molecule is CCc1cn2c(-c3cc(OCCOC4CCCCO4)c(CC)cc3Cl)cccc2n1.Nc1nc(Cl)ccc1NC=O. The molecule has 218 valence electrons. The number of nitrogen functional groups attached to an aromatic ring is 1. The molecule has 0 radical (unpaired) electrons. The van der Waals surface area contributed by atoms with Crippen molar-refractivity contribution in [3.05, 3.63) is 70.1 Å². The van der Waals surface area contributed by atoms with Crippen molar-refractivity contribution in [1.82, 2.24) is 14.4 Å². The van der Waals surface area contributed by atoms with Crippen LogP contribution in [0.25, 0.3) is 16.9 Å². The lowest BCUT2D eigenvalue weighted by Gasteiger charge is -2.23. The van der Waals surface area contributed by atoms with Crippen LogP contribution in [-0.2, 0) is 27.1 Å². The highest BCUT2D eigenvalue weighted by Crippen LogP contribution is 2.35. The van der Waals surface area contributed by atoms with Crippen molar-refractivity contribution in [2.45, 2.75) is 52.2 Å². The summed E-state index contributed by atoms with van der Waals surface area (Å²) in [6.07, 6.45) is 7.48. The van der Waals surface area contributed by atoms with Crippen LogP contribution in [0.3, 0.4) is 0 Å². The quantitative estimate of drug-likeness (QED) is 0.120. The number of aromatic nitrogens is 3. The summed E-state index contributed by atoms with van der Waals surface area (Å²) < 4.78 is 19.6. The van der Waals surface area contributed by atoms with Gasteiger partial charge in [0.2, 0.25) is 6.41 Å². The minimum atomic E-state index is -0.0969. The van der Waals surface area contributed by atoms with Crippen molar-refractivity contribution in [3.63, 3.8) is 0 Å². The molecule has 0 aliphatic carbocycles. The van der Waals surface area contributed by atoms with E-state index in [0.717, 1.165) is 72.6 Å². The molecule has 0 saturated carbocycles. The molecule has 1 aliphatic rings. The van der Waals surface area contributed by atoms with E-state index in [0.29, 0.717) is 35.5 Å². The fraction of sp³-hybridized carbons (Fsp3) is 0.367. The number of nitrogens with zero attached hydrogens (tertiary/aromatic N) is 3. The Kier molecular flexibility index (Phi) is 11.2. The Hall–Kier alpha value is -3.37. The third-order valence-corrected chi connectivity index (χ3v) is 7.12. The number of pyridine rings is 2. The zero-order valence-electron chi connectivity index (χ0n) is 23.2. The van der Waals surface area contributed by atoms with E-state index in [1.54, 1.807) is 12.1 Å². The molecule has 3 N–H and O–H groups in total. The van der Waals surface area contributed by atoms with Crippen molar-refractivity contribution in [3.8, 4) is 17.0 Å². The first-order chi connectivity index (χ1) is 19.9. The van der Waals surface area contributed by atoms with Gasteiger partial charge < -0.3 is 25.3 Å². The second-order valence-electron chi connectivity index (χ2n) is 9.36. The maximum atomic E-state index is 9.98. The van der Waals surface area contributed by atoms with E-state index < -0.39 is 0 Å². The number of hydrogen-bond acceptors (Lipinski definition) is 7. The van der Waals surface area contributed by atoms with Gasteiger partial charge in [0.1, 0.15) is 29.0 Å². The number of rotatable bonds is 10. The minimum Gasteiger partial charge on any atom is -0.491 e. The normalized spacial score (nSPS) is 14.8. The highest BCUT2D eigenvalue weighted by molar-refractivity contribution is 6.33. The molecule has 4 heterocycles. The number of carbonyl (C=O) groups is 1. The summed E-state index contributed by atoms with van der Waals surface area (Å²) >= 11 is 12.2. The highest BCUT2D eigenvalue weighted by atomic mass is 35.5. The lowest BCUT2D eigenvalue weighted by molar-refractivity contribution is -0.165. The number of imidazole rings is 1. The van der Waals surface area contributed by atoms with Gasteiger partial charge in [-0.3, -0.25) is 9.20 Å². The Labute approximate surface area is 249 Å². The first-order valence-electron chi connectivity index (χ1n) is 13.7. The number of halogens is 2. The number of anilines is 2. The largest absolute Gasteiger partial charge is 0.491 e. The molecule has 9 nitrogen and oxygen atoms in total. The molecule has 3 aromatic heterocycles. The number of benzene rings is 1. The van der Waals surface area contributed by atoms with E-state index in [9.17, 15) is 4.79 Å². The van der Waals surface area contributed by atoms with Crippen LogP contribution < -0.4 is 15.8 Å². The van der Waals surface area contributed by atoms with Gasteiger partial charge >= 0.3 is 0 Å². The van der Waals surface area contributed by atoms with Gasteiger partial charge in [-0.05, 0) is 74.1 Å². The zero-order chi connectivity index (χ0) is 29.2. The Morgan fingerprint density at radius 2 is 1.98 bits per heavy atom. The number of nitrogens with two attached hydrogens (primary N) is 1. The molecule has 0 bridgehead atoms. The van der Waals surface area contributed by atoms with Crippen molar-refractivity contribution < 1.29 is 19.0 Å². The Bertz CT molecular complexity index is 1460. The third kappa shape index (κ3) is 8.10. The van der Waals surface area contributed by atoms with Crippen LogP contribution in [0.1, 0.15) is 44.4 Å². The van der Waals surface area contributed by atoms with Gasteiger partial charge in [-0.1, -0.05) is 43.1 Å². The van der Waals surface area contributed by atoms with Gasteiger partial charge in [-0.2, -0.15) is 0 Å². The predicted octanol–water partition coefficient (Wildman–Crippen LogP) is 6.59. The van der Waals surface area contributed by atoms with Crippen molar-refractivity contribution in [1.29, 1.82) is 0 Å². The average molecular weight is 601 g/mol. The Balaban J connectivity index is 0.000000296. The second kappa shape index (κ2) is 15.0. The Morgan fingerprint density at radius 1 is 1.12 bits per heavy atom. The average Bonchev–Trinajstić information content (AvgIpc) is 3.42. The van der Waals surface area contributed by atoms with Crippen LogP contribution >= 0.6 is 23.2 Å². The van der Waals surface area contributed by atoms with Crippen LogP contribution in [0.15, 0.2) is 48.7 Å². The van der Waals surface area contributed by atoms with E-state index in [2.05, 4.69) is 45.8 Å². The molecule has 1 aliphatic heterocycles. The first-order valence-corrected chi connectivity index (χ1v) is 14.5. The summed E-state index contributed by atoms with van der Waals surface area (Å²) in [5.74, 6) is 1.06. The highest BCUT2D eigenvalue weighted by Gasteiger charge is 2.16. The molecule has 4 aromatic rings. The van der Waals surface area contributed by atoms with Gasteiger partial charge in [0.25, 0.3) is 0 Å². The van der Waals surface area contributed by atoms with Crippen LogP contribution in [-0.4, -0.2) is 46.9 Å². The van der Waals surface area contributed by atoms with Gasteiger partial charge in [0.05, 0.1) is 28.7 Å². The van der Waals surface area contributed by atoms with Crippen molar-refractivity contribution in [2.24, 2.45) is 0 Å². The van der Waals surface area contributed by atoms with E-state index in [-0.39, 0.29) is 12.1 Å². The Morgan fingerprint density at radius 3 is 2.68 bits per heavy atom.